The maximum absolute atomic E-state index is 13.5. The summed E-state index contributed by atoms with van der Waals surface area (Å²) >= 11 is 3.47. The van der Waals surface area contributed by atoms with E-state index in [1.54, 1.807) is 124 Å². The van der Waals surface area contributed by atoms with E-state index in [2.05, 4.69) is 149 Å². The number of primary amides is 1. The van der Waals surface area contributed by atoms with Crippen molar-refractivity contribution >= 4 is 92.1 Å². The first-order chi connectivity index (χ1) is 60.6. The number of nitrogens with one attached hydrogen (secondary N) is 4. The Balaban J connectivity index is 0.000000159. The number of anilines is 2. The number of aromatic nitrogens is 20. The van der Waals surface area contributed by atoms with Gasteiger partial charge in [0.2, 0.25) is 17.7 Å². The van der Waals surface area contributed by atoms with Crippen molar-refractivity contribution < 1.29 is 46.2 Å². The van der Waals surface area contributed by atoms with Gasteiger partial charge in [0.05, 0.1) is 53.3 Å². The molecule has 0 radical (unpaired) electrons. The molecule has 0 aliphatic rings. The number of imidazole rings is 4. The number of halogens is 5. The van der Waals surface area contributed by atoms with E-state index in [0.717, 1.165) is 120 Å². The quantitative estimate of drug-likeness (QED) is 0.0173. The third kappa shape index (κ3) is 27.7. The average Bonchev–Trinajstić information content (AvgIpc) is 1.65. The van der Waals surface area contributed by atoms with Gasteiger partial charge >= 0.3 is 0 Å². The number of aromatic amines is 1. The summed E-state index contributed by atoms with van der Waals surface area (Å²) in [5, 5.41) is 48.2. The molecule has 16 aromatic rings. The Hall–Kier alpha value is -12.7. The average molecular weight is 1850 g/mol. The molecule has 664 valence electrons. The van der Waals surface area contributed by atoms with Gasteiger partial charge in [-0.15, -0.1) is 0 Å². The van der Waals surface area contributed by atoms with Crippen molar-refractivity contribution in [2.75, 3.05) is 44.0 Å². The van der Waals surface area contributed by atoms with Crippen molar-refractivity contribution in [3.8, 4) is 90.1 Å². The first kappa shape index (κ1) is 95.0. The minimum absolute atomic E-state index is 0.204. The van der Waals surface area contributed by atoms with E-state index < -0.39 is 24.2 Å². The Labute approximate surface area is 743 Å². The van der Waals surface area contributed by atoms with Crippen molar-refractivity contribution in [2.24, 2.45) is 5.73 Å². The number of hydrogen-bond donors (Lipinski definition) is 5. The molecule has 12 heterocycles. The molecule has 12 aromatic heterocycles. The summed E-state index contributed by atoms with van der Waals surface area (Å²) in [7, 11) is -1.50. The van der Waals surface area contributed by atoms with E-state index in [1.807, 2.05) is 68.1 Å². The van der Waals surface area contributed by atoms with Gasteiger partial charge in [-0.05, 0) is 200 Å². The zero-order valence-electron chi connectivity index (χ0n) is 73.5. The molecule has 0 spiro atoms. The molecule has 3 amide bonds. The van der Waals surface area contributed by atoms with Crippen LogP contribution < -0.4 is 21.7 Å². The highest BCUT2D eigenvalue weighted by Gasteiger charge is 2.23. The number of fused-ring (bicyclic) bond motifs is 4. The van der Waals surface area contributed by atoms with E-state index >= 15 is 0 Å². The molecule has 0 bridgehead atoms. The number of hydrogen-bond acceptors (Lipinski definition) is 19. The molecule has 38 heteroatoms. The van der Waals surface area contributed by atoms with E-state index in [4.69, 9.17) is 34.6 Å². The number of amides is 3. The van der Waals surface area contributed by atoms with Gasteiger partial charge in [0.15, 0.2) is 34.2 Å². The molecular weight excluding hydrogens is 1740 g/mol. The number of unbranched alkanes of at least 4 members (excludes halogenated alkanes) is 1. The predicted molar refractivity (Wildman–Crippen MR) is 497 cm³/mol. The van der Waals surface area contributed by atoms with Crippen LogP contribution in [0, 0.1) is 23.3 Å². The summed E-state index contributed by atoms with van der Waals surface area (Å²) in [6, 6.07) is 43.2. The number of carbonyl (C=O) groups is 3. The van der Waals surface area contributed by atoms with Gasteiger partial charge in [0, 0.05) is 140 Å². The van der Waals surface area contributed by atoms with E-state index in [1.165, 1.54) is 82.1 Å². The minimum atomic E-state index is -1.19. The highest BCUT2D eigenvalue weighted by atomic mass is 79.9. The van der Waals surface area contributed by atoms with E-state index in [-0.39, 0.29) is 41.0 Å². The van der Waals surface area contributed by atoms with Crippen LogP contribution in [0.4, 0.5) is 29.2 Å². The third-order valence-electron chi connectivity index (χ3n) is 18.9. The fourth-order valence-electron chi connectivity index (χ4n) is 12.3. The SMILES string of the molecule is CC(=O)Nc1cnc2ccc(-c3cn(COCC[Si](C)(C)C)nc3-c3ccc(F)cc3)nn12.CC(=O)Nc1cnc2ccc(-c3cn[nH]c3-c3ccc(F)cc3)nn12.CC(N)=O.CCCCNC.C[Si](C)(C)CCOCn1cc(-c2ccc3ncc(Br)n3n2)c(-c2ccc(F)cc2)n1.C[Si](C)(C)CCOCn1cc(-c2ccc3nccn3n2)c(-c2ccc(F)cc2)n1. The molecule has 0 aliphatic heterocycles. The number of H-pyrrole nitrogens is 1. The standard InChI is InChI=1S/C23H27FN6O2Si.C21H23BrFN5OSi.C21H24FN5OSi.C17H13FN6O.C5H13N.C2H5NO/c1-16(31)26-22-13-25-21-10-9-20(27-30(21)22)19-14-29(15-32-11-12-33(2,3)4)28-23(19)17-5-7-18(24)8-6-17;1-30(2,3)11-10-29-14-27-13-17(21(26-27)15-4-6-16(23)7-5-15)18-8-9-20-24-12-19(22)28(20)25-18;1-29(2,3)13-12-28-15-26-14-18(19-8-9-20-23-10-11-27(20)24-19)21(25-26)16-4-6-17(22)7-5-16;1-10(25)21-16-9-19-15-7-6-14(23-24(15)16)13-8-20-22-17(13)11-2-4-12(18)5-3-11;1-3-4-5-6-2;1-2(3)4/h5-10,13-14H,11-12,15H2,1-4H3,(H,26,31);4-9,12-13H,10-11,14H2,1-3H3;4-11,14H,12-13,15H2,1-3H3;2-9H,1H3,(H,20,22)(H,21,25);6H,3-5H2,1-2H3;1H3,(H2,3,4). The van der Waals surface area contributed by atoms with Crippen molar-refractivity contribution in [3.63, 3.8) is 0 Å². The molecule has 4 aromatic carbocycles. The summed E-state index contributed by atoms with van der Waals surface area (Å²) in [5.41, 5.74) is 19.3. The first-order valence-electron chi connectivity index (χ1n) is 41.2. The molecular formula is C89H105BrF4N24O6Si3. The van der Waals surface area contributed by atoms with Crippen LogP contribution in [0.3, 0.4) is 0 Å². The number of carbonyl (C=O) groups excluding carboxylic acids is 3. The Kier molecular flexibility index (Phi) is 32.9. The van der Waals surface area contributed by atoms with Gasteiger partial charge in [0.1, 0.15) is 65.1 Å². The van der Waals surface area contributed by atoms with Crippen LogP contribution in [0.15, 0.2) is 206 Å². The Morgan fingerprint density at radius 2 is 0.787 bits per heavy atom. The number of nitrogens with two attached hydrogens (primary N) is 1. The lowest BCUT2D eigenvalue weighted by molar-refractivity contribution is -0.116. The van der Waals surface area contributed by atoms with Gasteiger partial charge in [-0.25, -0.2) is 60.6 Å². The summed E-state index contributed by atoms with van der Waals surface area (Å²) in [4.78, 5) is 49.1. The first-order valence-corrected chi connectivity index (χ1v) is 53.1. The predicted octanol–water partition coefficient (Wildman–Crippen LogP) is 18.2. The smallest absolute Gasteiger partial charge is 0.222 e. The summed E-state index contributed by atoms with van der Waals surface area (Å²) in [6.07, 6.45) is 18.3. The van der Waals surface area contributed by atoms with Crippen LogP contribution in [0.25, 0.3) is 113 Å². The zero-order valence-corrected chi connectivity index (χ0v) is 78.0. The van der Waals surface area contributed by atoms with Crippen LogP contribution in [0.2, 0.25) is 77.1 Å². The van der Waals surface area contributed by atoms with Gasteiger partial charge in [-0.3, -0.25) is 19.5 Å². The number of ether oxygens (including phenoxy) is 3. The fraction of sp³-hybridized carbons (Fsp3) is 0.292. The van der Waals surface area contributed by atoms with Gasteiger partial charge in [0.25, 0.3) is 0 Å². The lowest BCUT2D eigenvalue weighted by Crippen LogP contribution is -2.22. The number of nitrogens with zero attached hydrogens (tertiary/aromatic N) is 19. The molecule has 0 unspecified atom stereocenters. The second-order valence-electron chi connectivity index (χ2n) is 33.2. The maximum atomic E-state index is 13.5. The monoisotopic (exact) mass is 1840 g/mol. The topological polar surface area (TPSA) is 344 Å². The summed E-state index contributed by atoms with van der Waals surface area (Å²) in [5.74, 6) is -0.960. The fourth-order valence-corrected chi connectivity index (χ4v) is 14.9. The largest absolute Gasteiger partial charge is 0.370 e. The van der Waals surface area contributed by atoms with Gasteiger partial charge in [-0.1, -0.05) is 72.3 Å². The summed E-state index contributed by atoms with van der Waals surface area (Å²) in [6.45, 7) is 31.5. The van der Waals surface area contributed by atoms with Crippen molar-refractivity contribution in [1.29, 1.82) is 0 Å². The molecule has 127 heavy (non-hydrogen) atoms. The molecule has 6 N–H and O–H groups in total. The van der Waals surface area contributed by atoms with Crippen LogP contribution in [-0.4, -0.2) is 173 Å². The Morgan fingerprint density at radius 1 is 0.441 bits per heavy atom. The van der Waals surface area contributed by atoms with Crippen molar-refractivity contribution in [3.05, 3.63) is 229 Å². The molecule has 0 fully saturated rings. The molecule has 0 aliphatic carbocycles. The van der Waals surface area contributed by atoms with Crippen LogP contribution in [-0.2, 0) is 48.8 Å². The van der Waals surface area contributed by atoms with E-state index in [9.17, 15) is 31.9 Å². The maximum Gasteiger partial charge on any atom is 0.222 e. The van der Waals surface area contributed by atoms with Crippen LogP contribution in [0.5, 0.6) is 0 Å². The number of benzene rings is 4. The molecule has 16 rings (SSSR count). The van der Waals surface area contributed by atoms with Gasteiger partial charge in [-0.2, -0.15) is 49.8 Å². The highest BCUT2D eigenvalue weighted by molar-refractivity contribution is 9.10. The molecule has 0 saturated heterocycles. The third-order valence-corrected chi connectivity index (χ3v) is 24.5. The second-order valence-corrected chi connectivity index (χ2v) is 50.9. The highest BCUT2D eigenvalue weighted by Crippen LogP contribution is 2.36. The van der Waals surface area contributed by atoms with Crippen molar-refractivity contribution in [2.45, 2.75) is 138 Å². The molecule has 0 atom stereocenters. The second kappa shape index (κ2) is 44.0. The lowest BCUT2D eigenvalue weighted by atomic mass is 10.1. The van der Waals surface area contributed by atoms with Crippen molar-refractivity contribution in [1.82, 2.24) is 103 Å². The number of rotatable bonds is 28. The lowest BCUT2D eigenvalue weighted by Gasteiger charge is -2.15. The Bertz CT molecular complexity index is 6300. The van der Waals surface area contributed by atoms with Crippen LogP contribution in [0.1, 0.15) is 40.5 Å². The van der Waals surface area contributed by atoms with Crippen LogP contribution >= 0.6 is 15.9 Å². The molecule has 30 nitrogen and oxygen atoms in total. The minimum Gasteiger partial charge on any atom is -0.370 e. The zero-order chi connectivity index (χ0) is 91.1. The van der Waals surface area contributed by atoms with E-state index in [0.29, 0.717) is 73.4 Å². The Morgan fingerprint density at radius 3 is 1.15 bits per heavy atom. The normalized spacial score (nSPS) is 11.4. The van der Waals surface area contributed by atoms with Gasteiger partial charge < -0.3 is 35.9 Å². The molecule has 0 saturated carbocycles. The summed E-state index contributed by atoms with van der Waals surface area (Å²) < 4.78 is 83.7.